The van der Waals surface area contributed by atoms with Gasteiger partial charge in [-0.15, -0.1) is 4.68 Å². The molecule has 2 aliphatic rings. The van der Waals surface area contributed by atoms with E-state index in [2.05, 4.69) is 52.3 Å². The van der Waals surface area contributed by atoms with Crippen LogP contribution in [0, 0.1) is 0 Å². The van der Waals surface area contributed by atoms with E-state index in [9.17, 15) is 0 Å². The molecule has 3 rings (SSSR count). The second-order valence-corrected chi connectivity index (χ2v) is 6.39. The van der Waals surface area contributed by atoms with Crippen LogP contribution in [0.5, 0.6) is 0 Å². The first-order chi connectivity index (χ1) is 10.7. The van der Waals surface area contributed by atoms with Crippen LogP contribution in [0.3, 0.4) is 0 Å². The Labute approximate surface area is 132 Å². The van der Waals surface area contributed by atoms with Crippen molar-refractivity contribution in [1.29, 1.82) is 0 Å². The minimum atomic E-state index is 0.361. The minimum Gasteiger partial charge on any atom is -0.304 e. The van der Waals surface area contributed by atoms with Gasteiger partial charge < -0.3 is 5.32 Å². The van der Waals surface area contributed by atoms with Gasteiger partial charge in [0.2, 0.25) is 0 Å². The Morgan fingerprint density at radius 1 is 1.45 bits per heavy atom. The molecule has 1 aromatic heterocycles. The van der Waals surface area contributed by atoms with Gasteiger partial charge in [-0.2, -0.15) is 0 Å². The summed E-state index contributed by atoms with van der Waals surface area (Å²) in [6.45, 7) is 13.2. The molecule has 1 N–H and O–H groups in total. The summed E-state index contributed by atoms with van der Waals surface area (Å²) in [5, 5.41) is 8.44. The van der Waals surface area contributed by atoms with Crippen molar-refractivity contribution in [2.24, 2.45) is 4.99 Å². The highest BCUT2D eigenvalue weighted by molar-refractivity contribution is 5.37. The monoisotopic (exact) mass is 300 g/mol. The number of aliphatic imine (C=N–C) groups is 1. The summed E-state index contributed by atoms with van der Waals surface area (Å²) in [5.74, 6) is 2.94. The van der Waals surface area contributed by atoms with Gasteiger partial charge in [0.05, 0.1) is 13.1 Å². The van der Waals surface area contributed by atoms with E-state index in [0.717, 1.165) is 38.2 Å². The summed E-state index contributed by atoms with van der Waals surface area (Å²) in [7, 11) is 0. The summed E-state index contributed by atoms with van der Waals surface area (Å²) in [6, 6.07) is 0.361. The van der Waals surface area contributed by atoms with Gasteiger partial charge in [-0.3, -0.25) is 4.99 Å². The van der Waals surface area contributed by atoms with Crippen molar-refractivity contribution >= 4 is 6.72 Å². The Morgan fingerprint density at radius 2 is 2.27 bits per heavy atom. The van der Waals surface area contributed by atoms with E-state index in [1.54, 1.807) is 0 Å². The van der Waals surface area contributed by atoms with Gasteiger partial charge in [-0.05, 0) is 19.2 Å². The van der Waals surface area contributed by atoms with Gasteiger partial charge in [0.25, 0.3) is 11.6 Å². The molecule has 1 atom stereocenters. The molecule has 0 bridgehead atoms. The lowest BCUT2D eigenvalue weighted by atomic mass is 10.2. The van der Waals surface area contributed by atoms with Gasteiger partial charge in [0.15, 0.2) is 0 Å². The Bertz CT molecular complexity index is 636. The van der Waals surface area contributed by atoms with E-state index in [4.69, 9.17) is 5.10 Å². The van der Waals surface area contributed by atoms with Crippen molar-refractivity contribution in [3.8, 4) is 0 Å². The fraction of sp³-hybridized carbons (Fsp3) is 0.588. The lowest BCUT2D eigenvalue weighted by Crippen LogP contribution is -2.51. The Hall–Kier alpha value is -1.75. The fourth-order valence-corrected chi connectivity index (χ4v) is 3.51. The van der Waals surface area contributed by atoms with E-state index in [1.165, 1.54) is 17.2 Å². The molecular formula is C17H26N5+. The van der Waals surface area contributed by atoms with Crippen LogP contribution in [0.25, 0.3) is 0 Å². The van der Waals surface area contributed by atoms with Crippen LogP contribution in [0.2, 0.25) is 0 Å². The second kappa shape index (κ2) is 6.16. The fourth-order valence-electron chi connectivity index (χ4n) is 3.51. The number of rotatable bonds is 4. The molecule has 0 fully saturated rings. The van der Waals surface area contributed by atoms with Crippen molar-refractivity contribution < 1.29 is 4.57 Å². The number of hydrogen-bond donors (Lipinski definition) is 1. The Balaban J connectivity index is 1.95. The molecule has 5 heteroatoms. The van der Waals surface area contributed by atoms with E-state index >= 15 is 0 Å². The molecule has 1 aliphatic heterocycles. The zero-order valence-corrected chi connectivity index (χ0v) is 13.8. The maximum atomic E-state index is 4.96. The number of nitrogens with one attached hydrogen (secondary N) is 1. The number of hydrogen-bond acceptors (Lipinski definition) is 3. The Kier molecular flexibility index (Phi) is 4.25. The SMILES string of the molecule is C=NC1=C(/C=C\C)CC(n2nc(C(C)C)[n+]3c2CNCC3)C1. The van der Waals surface area contributed by atoms with Gasteiger partial charge in [-0.25, -0.2) is 4.57 Å². The lowest BCUT2D eigenvalue weighted by Gasteiger charge is -2.14. The van der Waals surface area contributed by atoms with Crippen LogP contribution in [0.1, 0.15) is 57.2 Å². The van der Waals surface area contributed by atoms with Crippen molar-refractivity contribution in [2.75, 3.05) is 6.54 Å². The number of fused-ring (bicyclic) bond motifs is 1. The maximum Gasteiger partial charge on any atom is 0.280 e. The predicted molar refractivity (Wildman–Crippen MR) is 87.9 cm³/mol. The first-order valence-corrected chi connectivity index (χ1v) is 8.19. The van der Waals surface area contributed by atoms with E-state index in [-0.39, 0.29) is 0 Å². The van der Waals surface area contributed by atoms with Crippen LogP contribution < -0.4 is 9.88 Å². The second-order valence-electron chi connectivity index (χ2n) is 6.39. The Morgan fingerprint density at radius 3 is 2.95 bits per heavy atom. The molecule has 0 radical (unpaired) electrons. The summed E-state index contributed by atoms with van der Waals surface area (Å²) >= 11 is 0. The van der Waals surface area contributed by atoms with Crippen LogP contribution in [0.15, 0.2) is 28.4 Å². The van der Waals surface area contributed by atoms with E-state index in [1.807, 2.05) is 6.92 Å². The average Bonchev–Trinajstić information content (AvgIpc) is 3.08. The molecule has 118 valence electrons. The molecule has 1 aliphatic carbocycles. The number of aromatic nitrogens is 3. The van der Waals surface area contributed by atoms with Crippen molar-refractivity contribution in [2.45, 2.75) is 58.7 Å². The molecule has 22 heavy (non-hydrogen) atoms. The molecule has 2 heterocycles. The molecule has 0 spiro atoms. The average molecular weight is 300 g/mol. The molecular weight excluding hydrogens is 274 g/mol. The van der Waals surface area contributed by atoms with Gasteiger partial charge in [0.1, 0.15) is 6.04 Å². The maximum absolute atomic E-state index is 4.96. The summed E-state index contributed by atoms with van der Waals surface area (Å²) in [4.78, 5) is 4.23. The highest BCUT2D eigenvalue weighted by atomic mass is 15.4. The van der Waals surface area contributed by atoms with Crippen LogP contribution in [-0.4, -0.2) is 23.0 Å². The molecule has 1 unspecified atom stereocenters. The van der Waals surface area contributed by atoms with Gasteiger partial charge >= 0.3 is 0 Å². The standard InChI is InChI=1S/C17H26N5/c1-5-6-13-9-14(10-15(13)18-4)22-16-11-19-7-8-21(16)17(20-22)12(2)3/h5-6,12,14,19H,4,7-11H2,1-3H3/q+1/b6-5-. The highest BCUT2D eigenvalue weighted by Crippen LogP contribution is 2.36. The first-order valence-electron chi connectivity index (χ1n) is 8.19. The quantitative estimate of drug-likeness (QED) is 0.685. The van der Waals surface area contributed by atoms with Crippen molar-refractivity contribution in [3.05, 3.63) is 35.1 Å². The van der Waals surface area contributed by atoms with Gasteiger partial charge in [-0.1, -0.05) is 26.0 Å². The molecule has 0 saturated heterocycles. The lowest BCUT2D eigenvalue weighted by molar-refractivity contribution is -0.716. The molecule has 0 amide bonds. The summed E-state index contributed by atoms with van der Waals surface area (Å²) in [6.07, 6.45) is 6.16. The number of allylic oxidation sites excluding steroid dienone is 4. The molecule has 0 saturated carbocycles. The molecule has 0 aromatic carbocycles. The predicted octanol–water partition coefficient (Wildman–Crippen LogP) is 2.26. The topological polar surface area (TPSA) is 46.1 Å². The third-order valence-corrected chi connectivity index (χ3v) is 4.53. The molecule has 5 nitrogen and oxygen atoms in total. The van der Waals surface area contributed by atoms with Crippen LogP contribution >= 0.6 is 0 Å². The summed E-state index contributed by atoms with van der Waals surface area (Å²) in [5.41, 5.74) is 2.42. The number of nitrogens with zero attached hydrogens (tertiary/aromatic N) is 4. The summed E-state index contributed by atoms with van der Waals surface area (Å²) < 4.78 is 4.64. The van der Waals surface area contributed by atoms with Crippen LogP contribution in [-0.2, 0) is 13.1 Å². The molecule has 1 aromatic rings. The minimum absolute atomic E-state index is 0.361. The normalized spacial score (nSPS) is 21.9. The van der Waals surface area contributed by atoms with Crippen molar-refractivity contribution in [1.82, 2.24) is 15.1 Å². The highest BCUT2D eigenvalue weighted by Gasteiger charge is 2.36. The third kappa shape index (κ3) is 2.54. The zero-order chi connectivity index (χ0) is 15.7. The third-order valence-electron chi connectivity index (χ3n) is 4.53. The zero-order valence-electron chi connectivity index (χ0n) is 13.8. The van der Waals surface area contributed by atoms with Crippen LogP contribution in [0.4, 0.5) is 0 Å². The smallest absolute Gasteiger partial charge is 0.280 e. The largest absolute Gasteiger partial charge is 0.304 e. The van der Waals surface area contributed by atoms with E-state index in [0.29, 0.717) is 12.0 Å². The van der Waals surface area contributed by atoms with E-state index < -0.39 is 0 Å². The van der Waals surface area contributed by atoms with Crippen molar-refractivity contribution in [3.63, 3.8) is 0 Å². The van der Waals surface area contributed by atoms with Gasteiger partial charge in [0, 0.05) is 36.1 Å². The first kappa shape index (κ1) is 15.2.